The normalized spacial score (nSPS) is 18.0. The fraction of sp³-hybridized carbons (Fsp3) is 0.471. The van der Waals surface area contributed by atoms with Gasteiger partial charge in [-0.1, -0.05) is 22.7 Å². The number of hydrogen-bond donors (Lipinski definition) is 0. The van der Waals surface area contributed by atoms with Gasteiger partial charge < -0.3 is 9.64 Å². The van der Waals surface area contributed by atoms with E-state index in [0.717, 1.165) is 42.9 Å². The van der Waals surface area contributed by atoms with E-state index >= 15 is 0 Å². The van der Waals surface area contributed by atoms with Gasteiger partial charge in [-0.2, -0.15) is 0 Å². The maximum atomic E-state index is 12.6. The number of amides is 1. The molecule has 1 amide bonds. The number of nitrogens with zero attached hydrogens (tertiary/aromatic N) is 3. The van der Waals surface area contributed by atoms with Crippen molar-refractivity contribution in [2.24, 2.45) is 5.92 Å². The summed E-state index contributed by atoms with van der Waals surface area (Å²) >= 11 is 1.18. The Morgan fingerprint density at radius 3 is 2.96 bits per heavy atom. The summed E-state index contributed by atoms with van der Waals surface area (Å²) in [5.41, 5.74) is 1.86. The van der Waals surface area contributed by atoms with Crippen LogP contribution in [0, 0.1) is 19.8 Å². The molecule has 1 aliphatic heterocycles. The number of likely N-dealkylation sites (tertiary alicyclic amines) is 1. The predicted octanol–water partition coefficient (Wildman–Crippen LogP) is 3.09. The molecule has 2 heterocycles. The number of benzene rings is 1. The summed E-state index contributed by atoms with van der Waals surface area (Å²) in [5, 5.41) is 3.93. The first-order chi connectivity index (χ1) is 11.1. The summed E-state index contributed by atoms with van der Waals surface area (Å²) < 4.78 is 9.82. The number of rotatable bonds is 4. The molecule has 1 aromatic heterocycles. The first-order valence-electron chi connectivity index (χ1n) is 7.92. The van der Waals surface area contributed by atoms with Crippen LogP contribution in [0.25, 0.3) is 0 Å². The lowest BCUT2D eigenvalue weighted by Crippen LogP contribution is -2.41. The molecule has 0 saturated carbocycles. The monoisotopic (exact) mass is 331 g/mol. The lowest BCUT2D eigenvalue weighted by Gasteiger charge is -2.32. The third-order valence-corrected chi connectivity index (χ3v) is 5.04. The van der Waals surface area contributed by atoms with Gasteiger partial charge in [-0.25, -0.2) is 0 Å². The fourth-order valence-electron chi connectivity index (χ4n) is 2.88. The molecule has 122 valence electrons. The minimum atomic E-state index is 0.0538. The van der Waals surface area contributed by atoms with Gasteiger partial charge in [-0.15, -0.1) is 5.10 Å². The Morgan fingerprint density at radius 2 is 2.22 bits per heavy atom. The number of carbonyl (C=O) groups excluding carboxylic acids is 1. The number of piperidine rings is 1. The highest BCUT2D eigenvalue weighted by atomic mass is 32.1. The molecule has 0 radical (unpaired) electrons. The Morgan fingerprint density at radius 1 is 1.39 bits per heavy atom. The fourth-order valence-corrected chi connectivity index (χ4v) is 3.51. The molecule has 1 fully saturated rings. The predicted molar refractivity (Wildman–Crippen MR) is 89.9 cm³/mol. The van der Waals surface area contributed by atoms with Crippen molar-refractivity contribution in [1.29, 1.82) is 0 Å². The highest BCUT2D eigenvalue weighted by Crippen LogP contribution is 2.23. The van der Waals surface area contributed by atoms with Crippen molar-refractivity contribution >= 4 is 17.4 Å². The lowest BCUT2D eigenvalue weighted by molar-refractivity contribution is 0.0637. The molecule has 6 heteroatoms. The molecule has 5 nitrogen and oxygen atoms in total. The Labute approximate surface area is 140 Å². The minimum Gasteiger partial charge on any atom is -0.493 e. The van der Waals surface area contributed by atoms with Crippen LogP contribution in [0.15, 0.2) is 24.3 Å². The zero-order valence-electron chi connectivity index (χ0n) is 13.5. The van der Waals surface area contributed by atoms with Crippen LogP contribution < -0.4 is 4.74 Å². The molecule has 1 aromatic carbocycles. The summed E-state index contributed by atoms with van der Waals surface area (Å²) in [5.74, 6) is 1.35. The van der Waals surface area contributed by atoms with Crippen molar-refractivity contribution in [2.45, 2.75) is 26.7 Å². The lowest BCUT2D eigenvalue weighted by atomic mass is 9.98. The summed E-state index contributed by atoms with van der Waals surface area (Å²) in [7, 11) is 0. The first kappa shape index (κ1) is 15.9. The van der Waals surface area contributed by atoms with E-state index in [1.165, 1.54) is 11.5 Å². The molecule has 1 unspecified atom stereocenters. The van der Waals surface area contributed by atoms with Gasteiger partial charge in [0.05, 0.1) is 12.3 Å². The van der Waals surface area contributed by atoms with Crippen molar-refractivity contribution in [1.82, 2.24) is 14.5 Å². The topological polar surface area (TPSA) is 55.3 Å². The molecule has 1 saturated heterocycles. The standard InChI is InChI=1S/C17H21N3O2S/c1-12-6-3-4-8-15(12)22-11-14-7-5-9-20(10-14)17(21)16-13(2)18-19-23-16/h3-4,6,8,14H,5,7,9-11H2,1-2H3. The van der Waals surface area contributed by atoms with Gasteiger partial charge in [0.2, 0.25) is 0 Å². The van der Waals surface area contributed by atoms with Gasteiger partial charge in [-0.05, 0) is 49.9 Å². The van der Waals surface area contributed by atoms with E-state index in [-0.39, 0.29) is 5.91 Å². The molecular formula is C17H21N3O2S. The van der Waals surface area contributed by atoms with E-state index in [9.17, 15) is 4.79 Å². The Hall–Kier alpha value is -1.95. The minimum absolute atomic E-state index is 0.0538. The van der Waals surface area contributed by atoms with E-state index in [1.54, 1.807) is 0 Å². The quantitative estimate of drug-likeness (QED) is 0.864. The van der Waals surface area contributed by atoms with Crippen LogP contribution in [-0.4, -0.2) is 40.1 Å². The summed E-state index contributed by atoms with van der Waals surface area (Å²) in [6.07, 6.45) is 2.11. The number of aromatic nitrogens is 2. The smallest absolute Gasteiger partial charge is 0.267 e. The third kappa shape index (κ3) is 3.69. The molecule has 2 aromatic rings. The van der Waals surface area contributed by atoms with Crippen LogP contribution in [0.3, 0.4) is 0 Å². The molecule has 0 aliphatic carbocycles. The SMILES string of the molecule is Cc1ccccc1OCC1CCCN(C(=O)c2snnc2C)C1. The molecule has 0 bridgehead atoms. The number of para-hydroxylation sites is 1. The highest BCUT2D eigenvalue weighted by Gasteiger charge is 2.27. The average molecular weight is 331 g/mol. The van der Waals surface area contributed by atoms with Gasteiger partial charge in [-0.3, -0.25) is 4.79 Å². The van der Waals surface area contributed by atoms with Crippen molar-refractivity contribution in [3.8, 4) is 5.75 Å². The van der Waals surface area contributed by atoms with Crippen molar-refractivity contribution in [2.75, 3.05) is 19.7 Å². The van der Waals surface area contributed by atoms with Gasteiger partial charge in [0.1, 0.15) is 10.6 Å². The van der Waals surface area contributed by atoms with E-state index in [1.807, 2.05) is 43.0 Å². The third-order valence-electron chi connectivity index (χ3n) is 4.22. The molecule has 3 rings (SSSR count). The highest BCUT2D eigenvalue weighted by molar-refractivity contribution is 7.07. The Balaban J connectivity index is 1.59. The summed E-state index contributed by atoms with van der Waals surface area (Å²) in [6, 6.07) is 8.03. The molecule has 1 aliphatic rings. The van der Waals surface area contributed by atoms with E-state index in [2.05, 4.69) is 9.59 Å². The van der Waals surface area contributed by atoms with Gasteiger partial charge in [0, 0.05) is 19.0 Å². The van der Waals surface area contributed by atoms with E-state index in [0.29, 0.717) is 17.4 Å². The van der Waals surface area contributed by atoms with Gasteiger partial charge in [0.15, 0.2) is 0 Å². The molecule has 1 atom stereocenters. The van der Waals surface area contributed by atoms with Crippen LogP contribution in [0.1, 0.15) is 33.8 Å². The van der Waals surface area contributed by atoms with Gasteiger partial charge >= 0.3 is 0 Å². The first-order valence-corrected chi connectivity index (χ1v) is 8.69. The summed E-state index contributed by atoms with van der Waals surface area (Å²) in [6.45, 7) is 6.07. The van der Waals surface area contributed by atoms with Crippen LogP contribution >= 0.6 is 11.5 Å². The van der Waals surface area contributed by atoms with Crippen LogP contribution in [-0.2, 0) is 0 Å². The zero-order valence-corrected chi connectivity index (χ0v) is 14.3. The molecule has 23 heavy (non-hydrogen) atoms. The van der Waals surface area contributed by atoms with Crippen LogP contribution in [0.4, 0.5) is 0 Å². The van der Waals surface area contributed by atoms with Gasteiger partial charge in [0.25, 0.3) is 5.91 Å². The maximum Gasteiger partial charge on any atom is 0.267 e. The second kappa shape index (κ2) is 7.08. The average Bonchev–Trinajstić information content (AvgIpc) is 3.00. The Bertz CT molecular complexity index is 686. The second-order valence-corrected chi connectivity index (χ2v) is 6.78. The largest absolute Gasteiger partial charge is 0.493 e. The van der Waals surface area contributed by atoms with Crippen molar-refractivity contribution < 1.29 is 9.53 Å². The maximum absolute atomic E-state index is 12.6. The second-order valence-electron chi connectivity index (χ2n) is 6.02. The Kier molecular flexibility index (Phi) is 4.91. The van der Waals surface area contributed by atoms with E-state index in [4.69, 9.17) is 4.74 Å². The number of carbonyl (C=O) groups is 1. The molecular weight excluding hydrogens is 310 g/mol. The molecule has 0 N–H and O–H groups in total. The molecule has 0 spiro atoms. The zero-order chi connectivity index (χ0) is 16.2. The van der Waals surface area contributed by atoms with Crippen LogP contribution in [0.5, 0.6) is 5.75 Å². The van der Waals surface area contributed by atoms with E-state index < -0.39 is 0 Å². The van der Waals surface area contributed by atoms with Crippen LogP contribution in [0.2, 0.25) is 0 Å². The van der Waals surface area contributed by atoms with Crippen molar-refractivity contribution in [3.05, 3.63) is 40.4 Å². The van der Waals surface area contributed by atoms with Crippen molar-refractivity contribution in [3.63, 3.8) is 0 Å². The number of aryl methyl sites for hydroxylation is 2. The number of ether oxygens (including phenoxy) is 1. The summed E-state index contributed by atoms with van der Waals surface area (Å²) in [4.78, 5) is 15.1. The number of hydrogen-bond acceptors (Lipinski definition) is 5.